The first kappa shape index (κ1) is 24.5. The number of nitrogens with zero attached hydrogens (tertiary/aromatic N) is 2. The average Bonchev–Trinajstić information content (AvgIpc) is 3.40. The predicted molar refractivity (Wildman–Crippen MR) is 130 cm³/mol. The van der Waals surface area contributed by atoms with Crippen LogP contribution in [0.4, 0.5) is 5.69 Å². The lowest BCUT2D eigenvalue weighted by molar-refractivity contribution is -0.116. The van der Waals surface area contributed by atoms with Gasteiger partial charge in [-0.05, 0) is 55.3 Å². The third-order valence-corrected chi connectivity index (χ3v) is 7.50. The van der Waals surface area contributed by atoms with Crippen LogP contribution in [-0.2, 0) is 14.8 Å². The number of furan rings is 1. The number of carbonyl (C=O) groups excluding carboxylic acids is 2. The largest absolute Gasteiger partial charge is 0.459 e. The number of likely N-dealkylation sites (N-methyl/N-ethyl adjacent to an activating group) is 1. The van der Waals surface area contributed by atoms with E-state index < -0.39 is 21.8 Å². The lowest BCUT2D eigenvalue weighted by atomic mass is 10.2. The maximum Gasteiger partial charge on any atom is 0.289 e. The standard InChI is InChI=1S/C25H27N3O6S/c1-27(25(30)23-11-8-16-33-23)18-24(29)26-21-17-20(35(31,32)28-14-6-3-7-15-28)12-13-22(21)34-19-9-4-2-5-10-19/h2,4-5,8-13,16-17H,3,6-7,14-15,18H2,1H3,(H,26,29). The molecule has 9 nitrogen and oxygen atoms in total. The summed E-state index contributed by atoms with van der Waals surface area (Å²) in [6.07, 6.45) is 4.01. The third kappa shape index (κ3) is 5.90. The zero-order valence-corrected chi connectivity index (χ0v) is 20.2. The maximum atomic E-state index is 13.2. The van der Waals surface area contributed by atoms with E-state index >= 15 is 0 Å². The number of amides is 2. The molecule has 1 saturated heterocycles. The van der Waals surface area contributed by atoms with E-state index in [0.717, 1.165) is 19.3 Å². The van der Waals surface area contributed by atoms with Gasteiger partial charge in [0.05, 0.1) is 23.4 Å². The summed E-state index contributed by atoms with van der Waals surface area (Å²) >= 11 is 0. The second-order valence-corrected chi connectivity index (χ2v) is 10.2. The van der Waals surface area contributed by atoms with Crippen LogP contribution in [0.1, 0.15) is 29.8 Å². The Morgan fingerprint density at radius 3 is 2.46 bits per heavy atom. The summed E-state index contributed by atoms with van der Waals surface area (Å²) in [5.74, 6) is -0.0462. The summed E-state index contributed by atoms with van der Waals surface area (Å²) in [7, 11) is -2.25. The predicted octanol–water partition coefficient (Wildman–Crippen LogP) is 3.96. The Kier molecular flexibility index (Phi) is 7.52. The van der Waals surface area contributed by atoms with E-state index in [0.29, 0.717) is 18.8 Å². The topological polar surface area (TPSA) is 109 Å². The number of ether oxygens (including phenoxy) is 1. The van der Waals surface area contributed by atoms with Gasteiger partial charge in [-0.3, -0.25) is 9.59 Å². The van der Waals surface area contributed by atoms with Gasteiger partial charge in [0.1, 0.15) is 5.75 Å². The number of benzene rings is 2. The van der Waals surface area contributed by atoms with E-state index in [1.54, 1.807) is 30.3 Å². The molecule has 0 atom stereocenters. The highest BCUT2D eigenvalue weighted by atomic mass is 32.2. The van der Waals surface area contributed by atoms with Gasteiger partial charge in [0.15, 0.2) is 11.5 Å². The molecular weight excluding hydrogens is 470 g/mol. The molecule has 0 unspecified atom stereocenters. The molecule has 2 amide bonds. The Balaban J connectivity index is 1.58. The van der Waals surface area contributed by atoms with Crippen molar-refractivity contribution in [3.8, 4) is 11.5 Å². The van der Waals surface area contributed by atoms with Crippen LogP contribution in [0.3, 0.4) is 0 Å². The summed E-state index contributed by atoms with van der Waals surface area (Å²) < 4.78 is 38.9. The van der Waals surface area contributed by atoms with Crippen molar-refractivity contribution in [2.45, 2.75) is 24.2 Å². The minimum Gasteiger partial charge on any atom is -0.459 e. The molecule has 0 radical (unpaired) electrons. The lowest BCUT2D eigenvalue weighted by Gasteiger charge is -2.26. The van der Waals surface area contributed by atoms with Crippen LogP contribution in [0, 0.1) is 0 Å². The molecule has 0 spiro atoms. The summed E-state index contributed by atoms with van der Waals surface area (Å²) in [6, 6.07) is 16.4. The normalized spacial score (nSPS) is 14.3. The van der Waals surface area contributed by atoms with Gasteiger partial charge in [0.2, 0.25) is 15.9 Å². The molecule has 2 heterocycles. The zero-order chi connectivity index (χ0) is 24.8. The van der Waals surface area contributed by atoms with Crippen LogP contribution in [0.15, 0.2) is 76.2 Å². The second kappa shape index (κ2) is 10.7. The SMILES string of the molecule is CN(CC(=O)Nc1cc(S(=O)(=O)N2CCCCC2)ccc1Oc1ccccc1)C(=O)c1ccco1. The van der Waals surface area contributed by atoms with Crippen molar-refractivity contribution in [3.63, 3.8) is 0 Å². The molecule has 2 aromatic carbocycles. The van der Waals surface area contributed by atoms with Crippen molar-refractivity contribution < 1.29 is 27.2 Å². The van der Waals surface area contributed by atoms with Crippen molar-refractivity contribution in [1.29, 1.82) is 0 Å². The molecule has 35 heavy (non-hydrogen) atoms. The Hall–Kier alpha value is -3.63. The van der Waals surface area contributed by atoms with Gasteiger partial charge < -0.3 is 19.4 Å². The molecule has 1 N–H and O–H groups in total. The number of anilines is 1. The fraction of sp³-hybridized carbons (Fsp3) is 0.280. The fourth-order valence-electron chi connectivity index (χ4n) is 3.79. The Morgan fingerprint density at radius 1 is 1.03 bits per heavy atom. The molecule has 184 valence electrons. The summed E-state index contributed by atoms with van der Waals surface area (Å²) in [5, 5.41) is 2.71. The van der Waals surface area contributed by atoms with Crippen LogP contribution in [0.25, 0.3) is 0 Å². The van der Waals surface area contributed by atoms with Crippen molar-refractivity contribution >= 4 is 27.5 Å². The number of carbonyl (C=O) groups is 2. The highest BCUT2D eigenvalue weighted by Gasteiger charge is 2.27. The van der Waals surface area contributed by atoms with Crippen molar-refractivity contribution in [2.75, 3.05) is 32.0 Å². The lowest BCUT2D eigenvalue weighted by Crippen LogP contribution is -2.36. The number of piperidine rings is 1. The highest BCUT2D eigenvalue weighted by Crippen LogP contribution is 2.33. The Morgan fingerprint density at radius 2 is 1.77 bits per heavy atom. The fourth-order valence-corrected chi connectivity index (χ4v) is 5.34. The van der Waals surface area contributed by atoms with Crippen LogP contribution in [0.2, 0.25) is 0 Å². The molecule has 10 heteroatoms. The minimum absolute atomic E-state index is 0.0649. The monoisotopic (exact) mass is 497 g/mol. The van der Waals surface area contributed by atoms with E-state index in [1.165, 1.54) is 46.8 Å². The van der Waals surface area contributed by atoms with Gasteiger partial charge in [-0.15, -0.1) is 0 Å². The maximum absolute atomic E-state index is 13.2. The van der Waals surface area contributed by atoms with Crippen LogP contribution in [-0.4, -0.2) is 56.1 Å². The Bertz CT molecular complexity index is 1270. The van der Waals surface area contributed by atoms with Crippen LogP contribution >= 0.6 is 0 Å². The molecule has 1 aromatic heterocycles. The number of rotatable bonds is 8. The number of hydrogen-bond donors (Lipinski definition) is 1. The van der Waals surface area contributed by atoms with Gasteiger partial charge >= 0.3 is 0 Å². The summed E-state index contributed by atoms with van der Waals surface area (Å²) in [4.78, 5) is 26.5. The smallest absolute Gasteiger partial charge is 0.289 e. The van der Waals surface area contributed by atoms with Crippen LogP contribution in [0.5, 0.6) is 11.5 Å². The summed E-state index contributed by atoms with van der Waals surface area (Å²) in [6.45, 7) is 0.658. The third-order valence-electron chi connectivity index (χ3n) is 5.61. The molecular formula is C25H27N3O6S. The number of sulfonamides is 1. The van der Waals surface area contributed by atoms with Gasteiger partial charge in [0, 0.05) is 20.1 Å². The molecule has 1 aliphatic rings. The molecule has 1 fully saturated rings. The molecule has 4 rings (SSSR count). The molecule has 0 saturated carbocycles. The number of para-hydroxylation sites is 1. The number of nitrogens with one attached hydrogen (secondary N) is 1. The second-order valence-electron chi connectivity index (χ2n) is 8.22. The van der Waals surface area contributed by atoms with Gasteiger partial charge in [-0.25, -0.2) is 8.42 Å². The van der Waals surface area contributed by atoms with Gasteiger partial charge in [-0.2, -0.15) is 4.31 Å². The highest BCUT2D eigenvalue weighted by molar-refractivity contribution is 7.89. The Labute approximate surface area is 204 Å². The first-order valence-electron chi connectivity index (χ1n) is 11.3. The quantitative estimate of drug-likeness (QED) is 0.505. The van der Waals surface area contributed by atoms with E-state index in [2.05, 4.69) is 5.32 Å². The van der Waals surface area contributed by atoms with Crippen LogP contribution < -0.4 is 10.1 Å². The number of hydrogen-bond acceptors (Lipinski definition) is 6. The van der Waals surface area contributed by atoms with Gasteiger partial charge in [0.25, 0.3) is 5.91 Å². The first-order chi connectivity index (χ1) is 16.8. The summed E-state index contributed by atoms with van der Waals surface area (Å²) in [5.41, 5.74) is 0.191. The van der Waals surface area contributed by atoms with Gasteiger partial charge in [-0.1, -0.05) is 24.6 Å². The zero-order valence-electron chi connectivity index (χ0n) is 19.3. The van der Waals surface area contributed by atoms with E-state index in [4.69, 9.17) is 9.15 Å². The van der Waals surface area contributed by atoms with Crippen molar-refractivity contribution in [3.05, 3.63) is 72.7 Å². The van der Waals surface area contributed by atoms with E-state index in [-0.39, 0.29) is 28.6 Å². The minimum atomic E-state index is -3.73. The molecule has 0 bridgehead atoms. The van der Waals surface area contributed by atoms with E-state index in [1.807, 2.05) is 6.07 Å². The first-order valence-corrected chi connectivity index (χ1v) is 12.7. The molecule has 0 aliphatic carbocycles. The molecule has 1 aliphatic heterocycles. The molecule has 3 aromatic rings. The van der Waals surface area contributed by atoms with E-state index in [9.17, 15) is 18.0 Å². The van der Waals surface area contributed by atoms with Crippen molar-refractivity contribution in [2.24, 2.45) is 0 Å². The van der Waals surface area contributed by atoms with Crippen molar-refractivity contribution in [1.82, 2.24) is 9.21 Å². The average molecular weight is 498 g/mol.